The fraction of sp³-hybridized carbons (Fsp3) is 0.462. The summed E-state index contributed by atoms with van der Waals surface area (Å²) in [6.07, 6.45) is -3.33. The molecule has 22 heavy (non-hydrogen) atoms. The van der Waals surface area contributed by atoms with Gasteiger partial charge < -0.3 is 14.6 Å². The summed E-state index contributed by atoms with van der Waals surface area (Å²) in [5.74, 6) is -6.97. The molecule has 1 aromatic carbocycles. The van der Waals surface area contributed by atoms with E-state index in [1.165, 1.54) is 0 Å². The van der Waals surface area contributed by atoms with Gasteiger partial charge in [0.05, 0.1) is 11.6 Å². The van der Waals surface area contributed by atoms with Crippen LogP contribution in [0.5, 0.6) is 0 Å². The maximum absolute atomic E-state index is 13.8. The average molecular weight is 325 g/mol. The van der Waals surface area contributed by atoms with Crippen LogP contribution < -0.4 is 0 Å². The number of methoxy groups -OCH3 is 1. The molecule has 0 aliphatic carbocycles. The Balaban J connectivity index is 2.49. The predicted octanol–water partition coefficient (Wildman–Crippen LogP) is 2.41. The minimum atomic E-state index is -1.64. The van der Waals surface area contributed by atoms with Crippen molar-refractivity contribution >= 4 is 5.90 Å². The Morgan fingerprint density at radius 2 is 1.91 bits per heavy atom. The Bertz CT molecular complexity index is 569. The van der Waals surface area contributed by atoms with Gasteiger partial charge in [0, 0.05) is 19.6 Å². The minimum Gasteiger partial charge on any atom is -0.449 e. The zero-order valence-corrected chi connectivity index (χ0v) is 11.3. The van der Waals surface area contributed by atoms with Crippen molar-refractivity contribution in [1.82, 2.24) is 0 Å². The van der Waals surface area contributed by atoms with Crippen LogP contribution in [-0.2, 0) is 9.47 Å². The van der Waals surface area contributed by atoms with Gasteiger partial charge in [-0.2, -0.15) is 0 Å². The molecular weight excluding hydrogens is 313 g/mol. The van der Waals surface area contributed by atoms with Crippen molar-refractivity contribution < 1.29 is 36.5 Å². The Labute approximate surface area is 122 Å². The number of aliphatic hydroxyl groups is 1. The maximum atomic E-state index is 13.8. The van der Waals surface area contributed by atoms with E-state index < -0.39 is 59.8 Å². The lowest BCUT2D eigenvalue weighted by Gasteiger charge is -2.30. The number of hydrogen-bond acceptors (Lipinski definition) is 4. The van der Waals surface area contributed by atoms with Crippen molar-refractivity contribution in [2.24, 2.45) is 4.99 Å². The molecular formula is C13H12F5NO3. The van der Waals surface area contributed by atoms with Crippen LogP contribution >= 0.6 is 0 Å². The topological polar surface area (TPSA) is 51.0 Å². The highest BCUT2D eigenvalue weighted by molar-refractivity contribution is 5.78. The molecule has 0 amide bonds. The highest BCUT2D eigenvalue weighted by Gasteiger charge is 2.36. The monoisotopic (exact) mass is 325 g/mol. The molecule has 2 rings (SSSR count). The van der Waals surface area contributed by atoms with Crippen molar-refractivity contribution in [1.29, 1.82) is 0 Å². The first-order chi connectivity index (χ1) is 10.4. The molecule has 4 nitrogen and oxygen atoms in total. The van der Waals surface area contributed by atoms with E-state index in [0.29, 0.717) is 0 Å². The molecule has 0 saturated carbocycles. The number of hydrogen-bond donors (Lipinski definition) is 1. The van der Waals surface area contributed by atoms with E-state index in [4.69, 9.17) is 4.74 Å². The number of ether oxygens (including phenoxy) is 2. The summed E-state index contributed by atoms with van der Waals surface area (Å²) in [7, 11) is 1.04. The second-order valence-electron chi connectivity index (χ2n) is 4.57. The summed E-state index contributed by atoms with van der Waals surface area (Å²) >= 11 is 0. The highest BCUT2D eigenvalue weighted by atomic mass is 19.2. The molecule has 0 saturated heterocycles. The summed E-state index contributed by atoms with van der Waals surface area (Å²) in [6.45, 7) is -1.16. The number of aliphatic hydroxyl groups excluding tert-OH is 1. The van der Waals surface area contributed by atoms with Gasteiger partial charge in [-0.1, -0.05) is 0 Å². The van der Waals surface area contributed by atoms with Gasteiger partial charge in [-0.3, -0.25) is 0 Å². The lowest BCUT2D eigenvalue weighted by atomic mass is 9.97. The van der Waals surface area contributed by atoms with Crippen LogP contribution in [0, 0.1) is 23.3 Å². The Morgan fingerprint density at radius 3 is 2.41 bits per heavy atom. The number of rotatable bonds is 4. The van der Waals surface area contributed by atoms with E-state index in [-0.39, 0.29) is 12.5 Å². The van der Waals surface area contributed by atoms with Crippen LogP contribution in [0.25, 0.3) is 0 Å². The lowest BCUT2D eigenvalue weighted by Crippen LogP contribution is -2.35. The second-order valence-corrected chi connectivity index (χ2v) is 4.57. The van der Waals surface area contributed by atoms with Crippen molar-refractivity contribution in [2.45, 2.75) is 24.9 Å². The summed E-state index contributed by atoms with van der Waals surface area (Å²) in [6, 6.07) is -1.11. The van der Waals surface area contributed by atoms with Crippen LogP contribution in [0.4, 0.5) is 22.0 Å². The van der Waals surface area contributed by atoms with Crippen molar-refractivity contribution in [3.8, 4) is 0 Å². The fourth-order valence-electron chi connectivity index (χ4n) is 2.25. The van der Waals surface area contributed by atoms with Gasteiger partial charge >= 0.3 is 0 Å². The summed E-state index contributed by atoms with van der Waals surface area (Å²) in [4.78, 5) is 3.70. The minimum absolute atomic E-state index is 0.0655. The second kappa shape index (κ2) is 6.57. The molecule has 122 valence electrons. The molecule has 1 aliphatic heterocycles. The van der Waals surface area contributed by atoms with Gasteiger partial charge in [0.25, 0.3) is 0 Å². The van der Waals surface area contributed by atoms with E-state index in [2.05, 4.69) is 9.73 Å². The van der Waals surface area contributed by atoms with Crippen LogP contribution in [0.2, 0.25) is 0 Å². The van der Waals surface area contributed by atoms with Gasteiger partial charge in [0.1, 0.15) is 6.10 Å². The zero-order valence-electron chi connectivity index (χ0n) is 11.3. The molecule has 0 fully saturated rings. The third-order valence-electron chi connectivity index (χ3n) is 3.17. The van der Waals surface area contributed by atoms with Crippen LogP contribution in [0.15, 0.2) is 11.1 Å². The molecule has 9 heteroatoms. The molecule has 1 heterocycles. The first-order valence-electron chi connectivity index (χ1n) is 6.22. The van der Waals surface area contributed by atoms with Crippen LogP contribution in [0.3, 0.4) is 0 Å². The third-order valence-corrected chi connectivity index (χ3v) is 3.17. The number of benzene rings is 1. The quantitative estimate of drug-likeness (QED) is 0.683. The molecule has 3 unspecified atom stereocenters. The van der Waals surface area contributed by atoms with E-state index in [0.717, 1.165) is 7.11 Å². The summed E-state index contributed by atoms with van der Waals surface area (Å²) in [5, 5.41) is 9.46. The van der Waals surface area contributed by atoms with Gasteiger partial charge in [0.15, 0.2) is 29.9 Å². The molecule has 1 N–H and O–H groups in total. The molecule has 0 spiro atoms. The van der Waals surface area contributed by atoms with E-state index in [1.807, 2.05) is 0 Å². The summed E-state index contributed by atoms with van der Waals surface area (Å²) in [5.41, 5.74) is -1.01. The normalized spacial score (nSPS) is 23.0. The lowest BCUT2D eigenvalue weighted by molar-refractivity contribution is -0.0659. The number of nitrogens with zero attached hydrogens (tertiary/aromatic N) is 1. The number of alkyl halides is 1. The Kier molecular flexibility index (Phi) is 4.97. The van der Waals surface area contributed by atoms with Crippen molar-refractivity contribution in [2.75, 3.05) is 13.8 Å². The predicted molar refractivity (Wildman–Crippen MR) is 64.9 cm³/mol. The van der Waals surface area contributed by atoms with E-state index in [1.54, 1.807) is 0 Å². The Morgan fingerprint density at radius 1 is 1.32 bits per heavy atom. The third kappa shape index (κ3) is 3.05. The van der Waals surface area contributed by atoms with E-state index >= 15 is 0 Å². The van der Waals surface area contributed by atoms with Gasteiger partial charge in [-0.15, -0.1) is 0 Å². The SMILES string of the molecule is COC(c1c(F)c(F)cc(F)c1F)C1CC(O)OC(CF)=N1. The number of aliphatic imine (C=N–C) groups is 1. The molecule has 1 aliphatic rings. The molecule has 0 aromatic heterocycles. The maximum Gasteiger partial charge on any atom is 0.218 e. The highest BCUT2D eigenvalue weighted by Crippen LogP contribution is 2.34. The molecule has 0 bridgehead atoms. The zero-order chi connectivity index (χ0) is 16.4. The van der Waals surface area contributed by atoms with Gasteiger partial charge in [-0.25, -0.2) is 26.9 Å². The van der Waals surface area contributed by atoms with E-state index in [9.17, 15) is 27.1 Å². The smallest absolute Gasteiger partial charge is 0.218 e. The summed E-state index contributed by atoms with van der Waals surface area (Å²) < 4.78 is 76.4. The van der Waals surface area contributed by atoms with Gasteiger partial charge in [0.2, 0.25) is 12.2 Å². The van der Waals surface area contributed by atoms with Crippen LogP contribution in [-0.4, -0.2) is 37.1 Å². The molecule has 3 atom stereocenters. The average Bonchev–Trinajstić information content (AvgIpc) is 2.48. The van der Waals surface area contributed by atoms with Gasteiger partial charge in [-0.05, 0) is 0 Å². The fourth-order valence-corrected chi connectivity index (χ4v) is 2.25. The van der Waals surface area contributed by atoms with Crippen molar-refractivity contribution in [3.05, 3.63) is 34.9 Å². The first-order valence-corrected chi connectivity index (χ1v) is 6.22. The molecule has 0 radical (unpaired) electrons. The largest absolute Gasteiger partial charge is 0.449 e. The number of halogens is 5. The van der Waals surface area contributed by atoms with Crippen LogP contribution in [0.1, 0.15) is 18.1 Å². The standard InChI is InChI=1S/C13H12F5NO3/c1-21-13(7-3-9(20)22-8(4-14)19-7)10-11(17)5(15)2-6(16)12(10)18/h2,7,9,13,20H,3-4H2,1H3. The Hall–Kier alpha value is -1.74. The van der Waals surface area contributed by atoms with Crippen molar-refractivity contribution in [3.63, 3.8) is 0 Å². The first kappa shape index (κ1) is 16.6. The molecule has 1 aromatic rings.